The number of benzene rings is 1. The van der Waals surface area contributed by atoms with Crippen LogP contribution in [0.5, 0.6) is 0 Å². The Balaban J connectivity index is 1.64. The maximum Gasteiger partial charge on any atom is 0.155 e. The molecular formula is C18H24N4. The second-order valence-corrected chi connectivity index (χ2v) is 6.16. The highest BCUT2D eigenvalue weighted by Crippen LogP contribution is 2.11. The molecule has 0 fully saturated rings. The van der Waals surface area contributed by atoms with Crippen LogP contribution in [0, 0.1) is 0 Å². The van der Waals surface area contributed by atoms with Gasteiger partial charge in [-0.05, 0) is 19.4 Å². The van der Waals surface area contributed by atoms with E-state index in [9.17, 15) is 0 Å². The van der Waals surface area contributed by atoms with Crippen LogP contribution < -0.4 is 0 Å². The Kier molecular flexibility index (Phi) is 4.68. The van der Waals surface area contributed by atoms with Crippen LogP contribution in [0.4, 0.5) is 0 Å². The van der Waals surface area contributed by atoms with Gasteiger partial charge in [-0.2, -0.15) is 5.10 Å². The van der Waals surface area contributed by atoms with Crippen molar-refractivity contribution in [2.24, 2.45) is 0 Å². The third-order valence-electron chi connectivity index (χ3n) is 4.03. The molecule has 4 heteroatoms. The van der Waals surface area contributed by atoms with Crippen LogP contribution in [0.3, 0.4) is 0 Å². The van der Waals surface area contributed by atoms with Crippen LogP contribution in [-0.4, -0.2) is 39.3 Å². The van der Waals surface area contributed by atoms with E-state index in [-0.39, 0.29) is 0 Å². The van der Waals surface area contributed by atoms with Crippen molar-refractivity contribution in [3.63, 3.8) is 0 Å². The van der Waals surface area contributed by atoms with E-state index in [4.69, 9.17) is 10.1 Å². The van der Waals surface area contributed by atoms with E-state index < -0.39 is 0 Å². The highest BCUT2D eigenvalue weighted by molar-refractivity contribution is 5.18. The highest BCUT2D eigenvalue weighted by atomic mass is 15.4. The summed E-state index contributed by atoms with van der Waals surface area (Å²) in [5.74, 6) is 2.07. The Labute approximate surface area is 132 Å². The van der Waals surface area contributed by atoms with E-state index in [1.165, 1.54) is 11.1 Å². The lowest BCUT2D eigenvalue weighted by Crippen LogP contribution is -2.27. The molecule has 0 aliphatic carbocycles. The van der Waals surface area contributed by atoms with Crippen LogP contribution in [0.2, 0.25) is 0 Å². The van der Waals surface area contributed by atoms with Crippen LogP contribution in [0.25, 0.3) is 0 Å². The molecule has 0 radical (unpaired) electrons. The molecule has 0 unspecified atom stereocenters. The molecule has 22 heavy (non-hydrogen) atoms. The van der Waals surface area contributed by atoms with Crippen molar-refractivity contribution in [2.45, 2.75) is 33.2 Å². The van der Waals surface area contributed by atoms with Gasteiger partial charge in [0.05, 0.1) is 6.54 Å². The maximum atomic E-state index is 4.75. The minimum Gasteiger partial charge on any atom is -0.297 e. The van der Waals surface area contributed by atoms with Crippen molar-refractivity contribution in [1.29, 1.82) is 0 Å². The quantitative estimate of drug-likeness (QED) is 0.814. The van der Waals surface area contributed by atoms with Crippen LogP contribution in [0.1, 0.15) is 31.1 Å². The Hall–Kier alpha value is -1.94. The van der Waals surface area contributed by atoms with E-state index in [2.05, 4.69) is 53.8 Å². The summed E-state index contributed by atoms with van der Waals surface area (Å²) in [7, 11) is 0. The summed E-state index contributed by atoms with van der Waals surface area (Å²) < 4.78 is 2.10. The average Bonchev–Trinajstić information content (AvgIpc) is 2.79. The first kappa shape index (κ1) is 15.0. The predicted molar refractivity (Wildman–Crippen MR) is 88.8 cm³/mol. The highest BCUT2D eigenvalue weighted by Gasteiger charge is 2.16. The SMILES string of the molecule is CC(C)=CCN1CCc2nc(Cc3ccccc3)nn2CC1. The molecule has 1 aliphatic heterocycles. The van der Waals surface area contributed by atoms with Gasteiger partial charge in [-0.3, -0.25) is 4.90 Å². The van der Waals surface area contributed by atoms with Gasteiger partial charge in [0, 0.05) is 32.5 Å². The zero-order chi connectivity index (χ0) is 15.4. The fourth-order valence-electron chi connectivity index (χ4n) is 2.74. The third-order valence-corrected chi connectivity index (χ3v) is 4.03. The Bertz CT molecular complexity index is 613. The standard InChI is InChI=1S/C18H24N4/c1-15(2)8-10-21-11-9-18-19-17(20-22(18)13-12-21)14-16-6-4-3-5-7-16/h3-8H,9-14H2,1-2H3. The minimum atomic E-state index is 0.822. The van der Waals surface area contributed by atoms with Gasteiger partial charge in [-0.25, -0.2) is 9.67 Å². The van der Waals surface area contributed by atoms with E-state index in [1.54, 1.807) is 0 Å². The lowest BCUT2D eigenvalue weighted by Gasteiger charge is -2.17. The molecule has 0 bridgehead atoms. The molecular weight excluding hydrogens is 272 g/mol. The molecule has 2 heterocycles. The summed E-state index contributed by atoms with van der Waals surface area (Å²) in [5, 5.41) is 4.70. The van der Waals surface area contributed by atoms with Crippen molar-refractivity contribution in [2.75, 3.05) is 19.6 Å². The van der Waals surface area contributed by atoms with Gasteiger partial charge in [-0.1, -0.05) is 42.0 Å². The molecule has 0 saturated heterocycles. The summed E-state index contributed by atoms with van der Waals surface area (Å²) >= 11 is 0. The van der Waals surface area contributed by atoms with Crippen LogP contribution >= 0.6 is 0 Å². The van der Waals surface area contributed by atoms with Crippen molar-refractivity contribution in [3.8, 4) is 0 Å². The average molecular weight is 296 g/mol. The maximum absolute atomic E-state index is 4.75. The molecule has 2 aromatic rings. The summed E-state index contributed by atoms with van der Waals surface area (Å²) in [5.41, 5.74) is 2.65. The van der Waals surface area contributed by atoms with Gasteiger partial charge in [0.25, 0.3) is 0 Å². The Morgan fingerprint density at radius 3 is 2.73 bits per heavy atom. The van der Waals surface area contributed by atoms with Gasteiger partial charge in [-0.15, -0.1) is 0 Å². The zero-order valence-electron chi connectivity index (χ0n) is 13.5. The largest absolute Gasteiger partial charge is 0.297 e. The molecule has 0 spiro atoms. The van der Waals surface area contributed by atoms with Crippen LogP contribution in [-0.2, 0) is 19.4 Å². The van der Waals surface area contributed by atoms with E-state index in [0.29, 0.717) is 0 Å². The number of nitrogens with zero attached hydrogens (tertiary/aromatic N) is 4. The normalized spacial score (nSPS) is 15.2. The lowest BCUT2D eigenvalue weighted by molar-refractivity contribution is 0.305. The van der Waals surface area contributed by atoms with Crippen molar-refractivity contribution in [1.82, 2.24) is 19.7 Å². The van der Waals surface area contributed by atoms with Gasteiger partial charge in [0.2, 0.25) is 0 Å². The van der Waals surface area contributed by atoms with Gasteiger partial charge >= 0.3 is 0 Å². The molecule has 0 saturated carbocycles. The Morgan fingerprint density at radius 1 is 1.14 bits per heavy atom. The monoisotopic (exact) mass is 296 g/mol. The number of hydrogen-bond acceptors (Lipinski definition) is 3. The van der Waals surface area contributed by atoms with Crippen molar-refractivity contribution >= 4 is 0 Å². The molecule has 1 aromatic heterocycles. The first-order valence-corrected chi connectivity index (χ1v) is 8.03. The molecule has 1 aromatic carbocycles. The number of allylic oxidation sites excluding steroid dienone is 1. The topological polar surface area (TPSA) is 34.0 Å². The third kappa shape index (κ3) is 3.83. The molecule has 4 nitrogen and oxygen atoms in total. The van der Waals surface area contributed by atoms with Gasteiger partial charge in [0.15, 0.2) is 5.82 Å². The molecule has 0 amide bonds. The summed E-state index contributed by atoms with van der Waals surface area (Å²) in [4.78, 5) is 7.22. The first-order valence-electron chi connectivity index (χ1n) is 8.03. The fraction of sp³-hybridized carbons (Fsp3) is 0.444. The molecule has 0 N–H and O–H groups in total. The molecule has 1 aliphatic rings. The number of rotatable bonds is 4. The Morgan fingerprint density at radius 2 is 1.95 bits per heavy atom. The second-order valence-electron chi connectivity index (χ2n) is 6.16. The van der Waals surface area contributed by atoms with Crippen molar-refractivity contribution in [3.05, 3.63) is 59.2 Å². The summed E-state index contributed by atoms with van der Waals surface area (Å²) in [6, 6.07) is 10.4. The number of hydrogen-bond donors (Lipinski definition) is 0. The zero-order valence-corrected chi connectivity index (χ0v) is 13.5. The number of aromatic nitrogens is 3. The lowest BCUT2D eigenvalue weighted by atomic mass is 10.1. The molecule has 0 atom stereocenters. The van der Waals surface area contributed by atoms with E-state index >= 15 is 0 Å². The smallest absolute Gasteiger partial charge is 0.155 e. The molecule has 3 rings (SSSR count). The molecule has 116 valence electrons. The van der Waals surface area contributed by atoms with E-state index in [1.807, 2.05) is 6.07 Å². The summed E-state index contributed by atoms with van der Waals surface area (Å²) in [6.07, 6.45) is 4.10. The van der Waals surface area contributed by atoms with E-state index in [0.717, 1.165) is 50.7 Å². The number of fused-ring (bicyclic) bond motifs is 1. The van der Waals surface area contributed by atoms with Gasteiger partial charge in [0.1, 0.15) is 5.82 Å². The first-order chi connectivity index (χ1) is 10.7. The van der Waals surface area contributed by atoms with Gasteiger partial charge < -0.3 is 0 Å². The van der Waals surface area contributed by atoms with Crippen molar-refractivity contribution < 1.29 is 0 Å². The minimum absolute atomic E-state index is 0.822. The predicted octanol–water partition coefficient (Wildman–Crippen LogP) is 2.69. The summed E-state index contributed by atoms with van der Waals surface area (Å²) in [6.45, 7) is 8.39. The second kappa shape index (κ2) is 6.88. The van der Waals surface area contributed by atoms with Crippen LogP contribution in [0.15, 0.2) is 42.0 Å². The fourth-order valence-corrected chi connectivity index (χ4v) is 2.74.